The van der Waals surface area contributed by atoms with Gasteiger partial charge < -0.3 is 15.5 Å². The van der Waals surface area contributed by atoms with Crippen molar-refractivity contribution < 1.29 is 15.0 Å². The Balaban J connectivity index is 2.58. The summed E-state index contributed by atoms with van der Waals surface area (Å²) in [4.78, 5) is 11.5. The molecule has 4 nitrogen and oxygen atoms in total. The van der Waals surface area contributed by atoms with E-state index in [0.717, 1.165) is 0 Å². The Morgan fingerprint density at radius 2 is 1.87 bits per heavy atom. The maximum absolute atomic E-state index is 11.5. The Labute approximate surface area is 88.6 Å². The number of aromatic hydroxyl groups is 1. The molecule has 1 amide bonds. The lowest BCUT2D eigenvalue weighted by molar-refractivity contribution is 0.0694. The molecule has 15 heavy (non-hydrogen) atoms. The first kappa shape index (κ1) is 11.5. The van der Waals surface area contributed by atoms with Gasteiger partial charge in [-0.1, -0.05) is 0 Å². The molecule has 0 heterocycles. The Hall–Kier alpha value is -1.55. The van der Waals surface area contributed by atoms with E-state index < -0.39 is 5.60 Å². The standard InChI is InChI=1S/C11H15NO3/c1-11(2,15)7-12-10(14)8-3-5-9(13)6-4-8/h3-6,13,15H,7H2,1-2H3,(H,12,14). The number of phenolic OH excluding ortho intramolecular Hbond substituents is 1. The van der Waals surface area contributed by atoms with Gasteiger partial charge in [0.25, 0.3) is 5.91 Å². The first-order valence-corrected chi connectivity index (χ1v) is 4.68. The molecule has 0 radical (unpaired) electrons. The first-order chi connectivity index (χ1) is 6.88. The largest absolute Gasteiger partial charge is 0.508 e. The van der Waals surface area contributed by atoms with Crippen molar-refractivity contribution in [1.29, 1.82) is 0 Å². The van der Waals surface area contributed by atoms with E-state index in [-0.39, 0.29) is 18.2 Å². The fourth-order valence-electron chi connectivity index (χ4n) is 1.01. The van der Waals surface area contributed by atoms with E-state index >= 15 is 0 Å². The molecule has 0 aromatic heterocycles. The van der Waals surface area contributed by atoms with E-state index in [1.54, 1.807) is 13.8 Å². The third-order valence-corrected chi connectivity index (χ3v) is 1.81. The predicted octanol–water partition coefficient (Wildman–Crippen LogP) is 0.893. The summed E-state index contributed by atoms with van der Waals surface area (Å²) >= 11 is 0. The minimum atomic E-state index is -0.924. The molecule has 0 fully saturated rings. The Kier molecular flexibility index (Phi) is 3.31. The average Bonchev–Trinajstić information content (AvgIpc) is 2.14. The minimum Gasteiger partial charge on any atom is -0.508 e. The molecule has 0 atom stereocenters. The molecule has 4 heteroatoms. The minimum absolute atomic E-state index is 0.119. The highest BCUT2D eigenvalue weighted by atomic mass is 16.3. The molecule has 0 saturated carbocycles. The zero-order valence-corrected chi connectivity index (χ0v) is 8.82. The number of hydrogen-bond donors (Lipinski definition) is 3. The molecule has 0 saturated heterocycles. The summed E-state index contributed by atoms with van der Waals surface area (Å²) in [6.45, 7) is 3.42. The molecule has 0 bridgehead atoms. The maximum Gasteiger partial charge on any atom is 0.251 e. The fraction of sp³-hybridized carbons (Fsp3) is 0.364. The van der Waals surface area contributed by atoms with Crippen molar-refractivity contribution in [2.24, 2.45) is 0 Å². The molecule has 0 spiro atoms. The number of amides is 1. The van der Waals surface area contributed by atoms with Gasteiger partial charge in [0.2, 0.25) is 0 Å². The lowest BCUT2D eigenvalue weighted by Crippen LogP contribution is -2.38. The topological polar surface area (TPSA) is 69.6 Å². The molecule has 0 unspecified atom stereocenters. The van der Waals surface area contributed by atoms with Crippen LogP contribution in [-0.4, -0.2) is 28.3 Å². The Morgan fingerprint density at radius 1 is 1.33 bits per heavy atom. The molecule has 1 aromatic rings. The van der Waals surface area contributed by atoms with Gasteiger partial charge in [-0.3, -0.25) is 4.79 Å². The van der Waals surface area contributed by atoms with E-state index in [1.165, 1.54) is 24.3 Å². The SMILES string of the molecule is CC(C)(O)CNC(=O)c1ccc(O)cc1. The van der Waals surface area contributed by atoms with Crippen molar-refractivity contribution in [2.45, 2.75) is 19.4 Å². The van der Waals surface area contributed by atoms with E-state index in [0.29, 0.717) is 5.56 Å². The average molecular weight is 209 g/mol. The maximum atomic E-state index is 11.5. The molecule has 1 rings (SSSR count). The monoisotopic (exact) mass is 209 g/mol. The third kappa shape index (κ3) is 3.99. The van der Waals surface area contributed by atoms with Crippen molar-refractivity contribution in [2.75, 3.05) is 6.54 Å². The number of aliphatic hydroxyl groups is 1. The second-order valence-electron chi connectivity index (χ2n) is 4.04. The van der Waals surface area contributed by atoms with Crippen LogP contribution in [0.15, 0.2) is 24.3 Å². The smallest absolute Gasteiger partial charge is 0.251 e. The van der Waals surface area contributed by atoms with Crippen LogP contribution in [-0.2, 0) is 0 Å². The van der Waals surface area contributed by atoms with Gasteiger partial charge in [0.15, 0.2) is 0 Å². The first-order valence-electron chi connectivity index (χ1n) is 4.68. The van der Waals surface area contributed by atoms with Crippen LogP contribution in [0.3, 0.4) is 0 Å². The molecular weight excluding hydrogens is 194 g/mol. The van der Waals surface area contributed by atoms with Crippen LogP contribution in [0, 0.1) is 0 Å². The number of benzene rings is 1. The Morgan fingerprint density at radius 3 is 2.33 bits per heavy atom. The summed E-state index contributed by atoms with van der Waals surface area (Å²) < 4.78 is 0. The number of nitrogens with one attached hydrogen (secondary N) is 1. The lowest BCUT2D eigenvalue weighted by Gasteiger charge is -2.17. The Bertz CT molecular complexity index is 338. The lowest BCUT2D eigenvalue weighted by atomic mass is 10.1. The van der Waals surface area contributed by atoms with Crippen LogP contribution in [0.25, 0.3) is 0 Å². The van der Waals surface area contributed by atoms with Gasteiger partial charge in [-0.15, -0.1) is 0 Å². The van der Waals surface area contributed by atoms with E-state index in [2.05, 4.69) is 5.32 Å². The van der Waals surface area contributed by atoms with Crippen LogP contribution < -0.4 is 5.32 Å². The zero-order valence-electron chi connectivity index (χ0n) is 8.82. The van der Waals surface area contributed by atoms with Gasteiger partial charge in [-0.05, 0) is 38.1 Å². The summed E-state index contributed by atoms with van der Waals surface area (Å²) in [7, 11) is 0. The zero-order chi connectivity index (χ0) is 11.5. The van der Waals surface area contributed by atoms with Crippen LogP contribution in [0.2, 0.25) is 0 Å². The van der Waals surface area contributed by atoms with Gasteiger partial charge >= 0.3 is 0 Å². The molecule has 0 aliphatic carbocycles. The van der Waals surface area contributed by atoms with Crippen molar-refractivity contribution in [1.82, 2.24) is 5.32 Å². The quantitative estimate of drug-likeness (QED) is 0.692. The molecule has 1 aromatic carbocycles. The third-order valence-electron chi connectivity index (χ3n) is 1.81. The van der Waals surface area contributed by atoms with Crippen LogP contribution in [0.1, 0.15) is 24.2 Å². The number of carbonyl (C=O) groups is 1. The fourth-order valence-corrected chi connectivity index (χ4v) is 1.01. The number of rotatable bonds is 3. The normalized spacial score (nSPS) is 11.1. The second kappa shape index (κ2) is 4.31. The molecule has 0 aliphatic heterocycles. The summed E-state index contributed by atoms with van der Waals surface area (Å²) in [5.74, 6) is -0.147. The highest BCUT2D eigenvalue weighted by molar-refractivity contribution is 5.94. The highest BCUT2D eigenvalue weighted by Gasteiger charge is 2.14. The van der Waals surface area contributed by atoms with E-state index in [9.17, 15) is 9.90 Å². The summed E-state index contributed by atoms with van der Waals surface area (Å²) in [5, 5.41) is 21.0. The van der Waals surface area contributed by atoms with Crippen molar-refractivity contribution in [3.63, 3.8) is 0 Å². The summed E-state index contributed by atoms with van der Waals surface area (Å²) in [6.07, 6.45) is 0. The van der Waals surface area contributed by atoms with Crippen molar-refractivity contribution in [3.8, 4) is 5.75 Å². The molecule has 82 valence electrons. The van der Waals surface area contributed by atoms with E-state index in [4.69, 9.17) is 5.11 Å². The van der Waals surface area contributed by atoms with E-state index in [1.807, 2.05) is 0 Å². The number of phenols is 1. The highest BCUT2D eigenvalue weighted by Crippen LogP contribution is 2.09. The van der Waals surface area contributed by atoms with Gasteiger partial charge in [0, 0.05) is 12.1 Å². The summed E-state index contributed by atoms with van der Waals surface area (Å²) in [5.41, 5.74) is -0.468. The molecule has 3 N–H and O–H groups in total. The van der Waals surface area contributed by atoms with Crippen LogP contribution in [0.5, 0.6) is 5.75 Å². The number of hydrogen-bond acceptors (Lipinski definition) is 3. The van der Waals surface area contributed by atoms with Crippen LogP contribution >= 0.6 is 0 Å². The van der Waals surface area contributed by atoms with Crippen LogP contribution in [0.4, 0.5) is 0 Å². The summed E-state index contributed by atoms with van der Waals surface area (Å²) in [6, 6.07) is 5.93. The molecule has 0 aliphatic rings. The van der Waals surface area contributed by atoms with Gasteiger partial charge in [-0.25, -0.2) is 0 Å². The second-order valence-corrected chi connectivity index (χ2v) is 4.04. The van der Waals surface area contributed by atoms with Gasteiger partial charge in [0.1, 0.15) is 5.75 Å². The number of carbonyl (C=O) groups excluding carboxylic acids is 1. The van der Waals surface area contributed by atoms with Gasteiger partial charge in [0.05, 0.1) is 5.60 Å². The van der Waals surface area contributed by atoms with Crippen molar-refractivity contribution >= 4 is 5.91 Å². The van der Waals surface area contributed by atoms with Gasteiger partial charge in [-0.2, -0.15) is 0 Å². The van der Waals surface area contributed by atoms with Crippen molar-refractivity contribution in [3.05, 3.63) is 29.8 Å². The molecular formula is C11H15NO3. The predicted molar refractivity (Wildman–Crippen MR) is 56.7 cm³/mol.